The van der Waals surface area contributed by atoms with Gasteiger partial charge in [-0.05, 0) is 25.2 Å². The van der Waals surface area contributed by atoms with E-state index in [0.717, 1.165) is 0 Å². The summed E-state index contributed by atoms with van der Waals surface area (Å²) in [5, 5.41) is 0. The van der Waals surface area contributed by atoms with Gasteiger partial charge < -0.3 is 0 Å². The summed E-state index contributed by atoms with van der Waals surface area (Å²) in [6.07, 6.45) is 8.78. The Morgan fingerprint density at radius 1 is 1.10 bits per heavy atom. The third-order valence-corrected chi connectivity index (χ3v) is 2.08. The molecule has 52 valence electrons. The van der Waals surface area contributed by atoms with Crippen LogP contribution in [0.25, 0.3) is 0 Å². The van der Waals surface area contributed by atoms with E-state index in [0.29, 0.717) is 6.04 Å². The molecule has 1 heteroatoms. The SMILES string of the molecule is CN(C)C1C2=CC=C1C=C2. The summed E-state index contributed by atoms with van der Waals surface area (Å²) in [7, 11) is 4.23. The molecule has 0 radical (unpaired) electrons. The highest BCUT2D eigenvalue weighted by atomic mass is 15.1. The molecule has 0 heterocycles. The van der Waals surface area contributed by atoms with Gasteiger partial charge in [0.25, 0.3) is 0 Å². The second-order valence-electron chi connectivity index (χ2n) is 3.03. The van der Waals surface area contributed by atoms with Crippen LogP contribution in [0.4, 0.5) is 0 Å². The van der Waals surface area contributed by atoms with Crippen LogP contribution < -0.4 is 0 Å². The molecule has 0 aliphatic heterocycles. The zero-order valence-corrected chi connectivity index (χ0v) is 6.33. The van der Waals surface area contributed by atoms with Gasteiger partial charge in [0.05, 0.1) is 6.04 Å². The van der Waals surface area contributed by atoms with E-state index < -0.39 is 0 Å². The van der Waals surface area contributed by atoms with E-state index in [9.17, 15) is 0 Å². The molecule has 0 aromatic rings. The molecule has 2 rings (SSSR count). The van der Waals surface area contributed by atoms with Crippen LogP contribution in [0.1, 0.15) is 0 Å². The summed E-state index contributed by atoms with van der Waals surface area (Å²) < 4.78 is 0. The van der Waals surface area contributed by atoms with E-state index in [1.54, 1.807) is 0 Å². The summed E-state index contributed by atoms with van der Waals surface area (Å²) in [6, 6.07) is 0.556. The topological polar surface area (TPSA) is 3.24 Å². The lowest BCUT2D eigenvalue weighted by Gasteiger charge is -2.19. The van der Waals surface area contributed by atoms with Crippen LogP contribution >= 0.6 is 0 Å². The van der Waals surface area contributed by atoms with Crippen LogP contribution in [-0.4, -0.2) is 25.0 Å². The highest BCUT2D eigenvalue weighted by Crippen LogP contribution is 2.31. The number of allylic oxidation sites excluding steroid dienone is 2. The molecular weight excluding hydrogens is 122 g/mol. The highest BCUT2D eigenvalue weighted by Gasteiger charge is 2.25. The second kappa shape index (κ2) is 1.83. The van der Waals surface area contributed by atoms with Crippen molar-refractivity contribution in [2.24, 2.45) is 0 Å². The maximum atomic E-state index is 2.24. The Kier molecular flexibility index (Phi) is 1.08. The molecule has 2 aliphatic rings. The smallest absolute Gasteiger partial charge is 0.0596 e. The molecule has 0 aromatic heterocycles. The largest absolute Gasteiger partial charge is 0.299 e. The molecular formula is C9H11N. The van der Waals surface area contributed by atoms with Crippen LogP contribution in [0.15, 0.2) is 35.5 Å². The standard InChI is InChI=1S/C9H11N/c1-10(2)9-7-3-4-8(9)6-5-7/h3-6,9H,1-2H3. The van der Waals surface area contributed by atoms with Crippen molar-refractivity contribution in [2.75, 3.05) is 14.1 Å². The molecule has 2 aliphatic carbocycles. The van der Waals surface area contributed by atoms with Crippen LogP contribution in [0.5, 0.6) is 0 Å². The number of hydrogen-bond donors (Lipinski definition) is 0. The Morgan fingerprint density at radius 2 is 1.60 bits per heavy atom. The Morgan fingerprint density at radius 3 is 1.80 bits per heavy atom. The van der Waals surface area contributed by atoms with Gasteiger partial charge in [0.15, 0.2) is 0 Å². The first-order valence-corrected chi connectivity index (χ1v) is 3.55. The maximum absolute atomic E-state index is 2.24. The van der Waals surface area contributed by atoms with Crippen LogP contribution in [0.3, 0.4) is 0 Å². The van der Waals surface area contributed by atoms with Gasteiger partial charge >= 0.3 is 0 Å². The van der Waals surface area contributed by atoms with Crippen molar-refractivity contribution in [3.05, 3.63) is 35.5 Å². The van der Waals surface area contributed by atoms with Gasteiger partial charge in [-0.15, -0.1) is 0 Å². The summed E-state index contributed by atoms with van der Waals surface area (Å²) in [6.45, 7) is 0. The lowest BCUT2D eigenvalue weighted by atomic mass is 10.1. The van der Waals surface area contributed by atoms with Crippen molar-refractivity contribution in [1.29, 1.82) is 0 Å². The minimum absolute atomic E-state index is 0.556. The van der Waals surface area contributed by atoms with Crippen LogP contribution in [-0.2, 0) is 0 Å². The number of nitrogens with zero attached hydrogens (tertiary/aromatic N) is 1. The molecule has 0 unspecified atom stereocenters. The van der Waals surface area contributed by atoms with Crippen molar-refractivity contribution < 1.29 is 0 Å². The van der Waals surface area contributed by atoms with Crippen LogP contribution in [0.2, 0.25) is 0 Å². The zero-order valence-electron chi connectivity index (χ0n) is 6.33. The number of likely N-dealkylation sites (N-methyl/N-ethyl adjacent to an activating group) is 1. The second-order valence-corrected chi connectivity index (χ2v) is 3.03. The van der Waals surface area contributed by atoms with E-state index in [1.807, 2.05) is 0 Å². The van der Waals surface area contributed by atoms with E-state index in [4.69, 9.17) is 0 Å². The average molecular weight is 133 g/mol. The fourth-order valence-electron chi connectivity index (χ4n) is 1.65. The fraction of sp³-hybridized carbons (Fsp3) is 0.333. The quantitative estimate of drug-likeness (QED) is 0.522. The van der Waals surface area contributed by atoms with Crippen molar-refractivity contribution in [1.82, 2.24) is 4.90 Å². The Labute approximate surface area is 61.3 Å². The van der Waals surface area contributed by atoms with Gasteiger partial charge in [-0.2, -0.15) is 0 Å². The van der Waals surface area contributed by atoms with Gasteiger partial charge in [0, 0.05) is 0 Å². The minimum atomic E-state index is 0.556. The Bertz CT molecular complexity index is 221. The summed E-state index contributed by atoms with van der Waals surface area (Å²) >= 11 is 0. The number of fused-ring (bicyclic) bond motifs is 2. The summed E-state index contributed by atoms with van der Waals surface area (Å²) in [5.74, 6) is 0. The molecule has 1 nitrogen and oxygen atoms in total. The van der Waals surface area contributed by atoms with Gasteiger partial charge in [-0.1, -0.05) is 24.3 Å². The van der Waals surface area contributed by atoms with E-state index in [1.165, 1.54) is 11.1 Å². The molecule has 2 bridgehead atoms. The lowest BCUT2D eigenvalue weighted by molar-refractivity contribution is 0.381. The van der Waals surface area contributed by atoms with E-state index >= 15 is 0 Å². The lowest BCUT2D eigenvalue weighted by Crippen LogP contribution is -2.26. The molecule has 0 saturated heterocycles. The van der Waals surface area contributed by atoms with Crippen molar-refractivity contribution in [3.8, 4) is 0 Å². The third-order valence-electron chi connectivity index (χ3n) is 2.08. The van der Waals surface area contributed by atoms with Crippen LogP contribution in [0, 0.1) is 0 Å². The molecule has 0 amide bonds. The summed E-state index contributed by atoms with van der Waals surface area (Å²) in [5.41, 5.74) is 2.86. The number of rotatable bonds is 1. The van der Waals surface area contributed by atoms with Crippen molar-refractivity contribution in [3.63, 3.8) is 0 Å². The van der Waals surface area contributed by atoms with Crippen molar-refractivity contribution in [2.45, 2.75) is 6.04 Å². The normalized spacial score (nSPS) is 22.3. The highest BCUT2D eigenvalue weighted by molar-refractivity contribution is 5.56. The minimum Gasteiger partial charge on any atom is -0.299 e. The summed E-state index contributed by atoms with van der Waals surface area (Å²) in [4.78, 5) is 2.24. The Hall–Kier alpha value is -0.820. The predicted molar refractivity (Wildman–Crippen MR) is 42.8 cm³/mol. The number of hydrogen-bond acceptors (Lipinski definition) is 1. The third kappa shape index (κ3) is 0.611. The molecule has 0 fully saturated rings. The van der Waals surface area contributed by atoms with Gasteiger partial charge in [-0.3, -0.25) is 4.90 Å². The van der Waals surface area contributed by atoms with Gasteiger partial charge in [0.2, 0.25) is 0 Å². The first-order valence-electron chi connectivity index (χ1n) is 3.55. The molecule has 10 heavy (non-hydrogen) atoms. The molecule has 0 spiro atoms. The zero-order chi connectivity index (χ0) is 7.14. The first kappa shape index (κ1) is 5.93. The molecule has 0 saturated carbocycles. The molecule has 0 N–H and O–H groups in total. The van der Waals surface area contributed by atoms with E-state index in [-0.39, 0.29) is 0 Å². The average Bonchev–Trinajstić information content (AvgIpc) is 2.43. The molecule has 0 atom stereocenters. The van der Waals surface area contributed by atoms with E-state index in [2.05, 4.69) is 43.3 Å². The maximum Gasteiger partial charge on any atom is 0.0596 e. The van der Waals surface area contributed by atoms with Crippen molar-refractivity contribution >= 4 is 0 Å². The van der Waals surface area contributed by atoms with Gasteiger partial charge in [-0.25, -0.2) is 0 Å². The first-order chi connectivity index (χ1) is 4.79. The Balaban J connectivity index is 2.33. The predicted octanol–water partition coefficient (Wildman–Crippen LogP) is 1.35. The molecule has 0 aromatic carbocycles. The fourth-order valence-corrected chi connectivity index (χ4v) is 1.65. The van der Waals surface area contributed by atoms with Gasteiger partial charge in [0.1, 0.15) is 0 Å². The monoisotopic (exact) mass is 133 g/mol.